The molecule has 0 unspecified atom stereocenters. The first kappa shape index (κ1) is 19.0. The molecule has 27 heavy (non-hydrogen) atoms. The minimum absolute atomic E-state index is 0.0573. The van der Waals surface area contributed by atoms with Crippen LogP contribution in [0.5, 0.6) is 5.75 Å². The average Bonchev–Trinajstić information content (AvgIpc) is 2.69. The molecule has 0 N–H and O–H groups in total. The molecule has 3 rings (SSSR count). The third-order valence-corrected chi connectivity index (χ3v) is 5.13. The van der Waals surface area contributed by atoms with E-state index in [0.29, 0.717) is 6.61 Å². The fourth-order valence-corrected chi connectivity index (χ4v) is 3.42. The normalized spacial score (nSPS) is 14.6. The Bertz CT molecular complexity index is 821. The number of carbonyl (C=O) groups excluding carboxylic acids is 1. The van der Waals surface area contributed by atoms with Crippen molar-refractivity contribution >= 4 is 17.7 Å². The van der Waals surface area contributed by atoms with E-state index < -0.39 is 0 Å². The SMILES string of the molecule is CCOc1ccccc1/C=C/C(=O)N1CCN(c2cccc(C)c2C)CC1. The fraction of sp³-hybridized carbons (Fsp3) is 0.348. The maximum absolute atomic E-state index is 12.6. The van der Waals surface area contributed by atoms with Gasteiger partial charge in [0.25, 0.3) is 0 Å². The summed E-state index contributed by atoms with van der Waals surface area (Å²) in [6, 6.07) is 14.2. The molecule has 1 saturated heterocycles. The first-order chi connectivity index (χ1) is 13.1. The highest BCUT2D eigenvalue weighted by atomic mass is 16.5. The van der Waals surface area contributed by atoms with E-state index in [9.17, 15) is 4.79 Å². The van der Waals surface area contributed by atoms with Crippen molar-refractivity contribution in [1.29, 1.82) is 0 Å². The standard InChI is InChI=1S/C23H28N2O2/c1-4-27-22-11-6-5-9-20(22)12-13-23(26)25-16-14-24(15-17-25)21-10-7-8-18(2)19(21)3/h5-13H,4,14-17H2,1-3H3/b13-12+. The summed E-state index contributed by atoms with van der Waals surface area (Å²) in [6.07, 6.45) is 3.51. The van der Waals surface area contributed by atoms with Crippen LogP contribution in [0.15, 0.2) is 48.5 Å². The van der Waals surface area contributed by atoms with Gasteiger partial charge in [-0.2, -0.15) is 0 Å². The van der Waals surface area contributed by atoms with E-state index in [4.69, 9.17) is 4.74 Å². The number of rotatable bonds is 5. The highest BCUT2D eigenvalue weighted by Gasteiger charge is 2.21. The minimum atomic E-state index is 0.0573. The van der Waals surface area contributed by atoms with Crippen molar-refractivity contribution in [3.8, 4) is 5.75 Å². The molecule has 2 aromatic rings. The third-order valence-electron chi connectivity index (χ3n) is 5.13. The second kappa shape index (κ2) is 8.76. The van der Waals surface area contributed by atoms with Gasteiger partial charge in [0.2, 0.25) is 5.91 Å². The summed E-state index contributed by atoms with van der Waals surface area (Å²) in [4.78, 5) is 16.9. The predicted octanol–water partition coefficient (Wildman–Crippen LogP) is 4.06. The van der Waals surface area contributed by atoms with Crippen molar-refractivity contribution < 1.29 is 9.53 Å². The average molecular weight is 364 g/mol. The van der Waals surface area contributed by atoms with Crippen LogP contribution in [0.25, 0.3) is 6.08 Å². The molecule has 1 aliphatic heterocycles. The number of benzene rings is 2. The van der Waals surface area contributed by atoms with Crippen LogP contribution in [0.1, 0.15) is 23.6 Å². The van der Waals surface area contributed by atoms with Gasteiger partial charge in [-0.25, -0.2) is 0 Å². The largest absolute Gasteiger partial charge is 0.493 e. The summed E-state index contributed by atoms with van der Waals surface area (Å²) < 4.78 is 5.62. The zero-order valence-electron chi connectivity index (χ0n) is 16.4. The Balaban J connectivity index is 1.61. The zero-order valence-corrected chi connectivity index (χ0v) is 16.4. The molecule has 1 fully saturated rings. The fourth-order valence-electron chi connectivity index (χ4n) is 3.42. The molecule has 1 heterocycles. The van der Waals surface area contributed by atoms with Gasteiger partial charge >= 0.3 is 0 Å². The number of ether oxygens (including phenoxy) is 1. The number of amides is 1. The van der Waals surface area contributed by atoms with Gasteiger partial charge in [-0.1, -0.05) is 30.3 Å². The van der Waals surface area contributed by atoms with Crippen molar-refractivity contribution in [2.24, 2.45) is 0 Å². The van der Waals surface area contributed by atoms with Crippen molar-refractivity contribution in [3.05, 3.63) is 65.2 Å². The van der Waals surface area contributed by atoms with E-state index in [-0.39, 0.29) is 5.91 Å². The Hall–Kier alpha value is -2.75. The summed E-state index contributed by atoms with van der Waals surface area (Å²) in [5, 5.41) is 0. The summed E-state index contributed by atoms with van der Waals surface area (Å²) in [5.74, 6) is 0.866. The Labute approximate surface area is 162 Å². The maximum atomic E-state index is 12.6. The quantitative estimate of drug-likeness (QED) is 0.750. The zero-order chi connectivity index (χ0) is 19.2. The minimum Gasteiger partial charge on any atom is -0.493 e. The summed E-state index contributed by atoms with van der Waals surface area (Å²) in [7, 11) is 0. The van der Waals surface area contributed by atoms with E-state index in [2.05, 4.69) is 36.9 Å². The molecule has 0 saturated carbocycles. The molecule has 0 spiro atoms. The van der Waals surface area contributed by atoms with Crippen LogP contribution in [0.2, 0.25) is 0 Å². The Morgan fingerprint density at radius 1 is 1.04 bits per heavy atom. The van der Waals surface area contributed by atoms with Crippen LogP contribution in [0.3, 0.4) is 0 Å². The number of hydrogen-bond acceptors (Lipinski definition) is 3. The predicted molar refractivity (Wildman–Crippen MR) is 111 cm³/mol. The summed E-state index contributed by atoms with van der Waals surface area (Å²) in [5.41, 5.74) is 4.84. The molecule has 4 heteroatoms. The number of anilines is 1. The first-order valence-electron chi connectivity index (χ1n) is 9.60. The van der Waals surface area contributed by atoms with E-state index in [1.807, 2.05) is 42.2 Å². The molecule has 142 valence electrons. The second-order valence-electron chi connectivity index (χ2n) is 6.84. The van der Waals surface area contributed by atoms with Crippen LogP contribution in [0, 0.1) is 13.8 Å². The molecule has 2 aromatic carbocycles. The molecule has 1 amide bonds. The van der Waals surface area contributed by atoms with Crippen molar-refractivity contribution in [3.63, 3.8) is 0 Å². The van der Waals surface area contributed by atoms with Crippen LogP contribution in [-0.4, -0.2) is 43.6 Å². The first-order valence-corrected chi connectivity index (χ1v) is 9.60. The molecule has 0 atom stereocenters. The number of para-hydroxylation sites is 1. The lowest BCUT2D eigenvalue weighted by Crippen LogP contribution is -2.48. The summed E-state index contributed by atoms with van der Waals surface area (Å²) in [6.45, 7) is 10.1. The molecule has 1 aliphatic rings. The van der Waals surface area contributed by atoms with E-state index in [1.165, 1.54) is 16.8 Å². The lowest BCUT2D eigenvalue weighted by atomic mass is 10.1. The third kappa shape index (κ3) is 4.51. The summed E-state index contributed by atoms with van der Waals surface area (Å²) >= 11 is 0. The smallest absolute Gasteiger partial charge is 0.246 e. The maximum Gasteiger partial charge on any atom is 0.246 e. The van der Waals surface area contributed by atoms with Crippen LogP contribution in [-0.2, 0) is 4.79 Å². The van der Waals surface area contributed by atoms with Gasteiger partial charge < -0.3 is 14.5 Å². The topological polar surface area (TPSA) is 32.8 Å². The van der Waals surface area contributed by atoms with E-state index in [1.54, 1.807) is 6.08 Å². The molecule has 0 radical (unpaired) electrons. The Morgan fingerprint density at radius 2 is 1.78 bits per heavy atom. The lowest BCUT2D eigenvalue weighted by molar-refractivity contribution is -0.126. The second-order valence-corrected chi connectivity index (χ2v) is 6.84. The molecular weight excluding hydrogens is 336 g/mol. The number of piperazine rings is 1. The highest BCUT2D eigenvalue weighted by Crippen LogP contribution is 2.24. The van der Waals surface area contributed by atoms with Crippen molar-refractivity contribution in [2.75, 3.05) is 37.7 Å². The van der Waals surface area contributed by atoms with Gasteiger partial charge in [-0.15, -0.1) is 0 Å². The van der Waals surface area contributed by atoms with Crippen molar-refractivity contribution in [1.82, 2.24) is 4.90 Å². The number of carbonyl (C=O) groups is 1. The van der Waals surface area contributed by atoms with E-state index in [0.717, 1.165) is 37.5 Å². The Morgan fingerprint density at radius 3 is 2.52 bits per heavy atom. The van der Waals surface area contributed by atoms with Crippen LogP contribution in [0.4, 0.5) is 5.69 Å². The van der Waals surface area contributed by atoms with Gasteiger partial charge in [0.05, 0.1) is 6.61 Å². The Kier molecular flexibility index (Phi) is 6.17. The monoisotopic (exact) mass is 364 g/mol. The van der Waals surface area contributed by atoms with Crippen LogP contribution < -0.4 is 9.64 Å². The molecular formula is C23H28N2O2. The van der Waals surface area contributed by atoms with Gasteiger partial charge in [-0.3, -0.25) is 4.79 Å². The lowest BCUT2D eigenvalue weighted by Gasteiger charge is -2.36. The van der Waals surface area contributed by atoms with Gasteiger partial charge in [-0.05, 0) is 50.1 Å². The molecule has 0 aromatic heterocycles. The van der Waals surface area contributed by atoms with E-state index >= 15 is 0 Å². The molecule has 0 bridgehead atoms. The van der Waals surface area contributed by atoms with Gasteiger partial charge in [0.1, 0.15) is 5.75 Å². The van der Waals surface area contributed by atoms with Crippen LogP contribution >= 0.6 is 0 Å². The number of hydrogen-bond donors (Lipinski definition) is 0. The molecule has 4 nitrogen and oxygen atoms in total. The number of nitrogens with zero attached hydrogens (tertiary/aromatic N) is 2. The van der Waals surface area contributed by atoms with Gasteiger partial charge in [0.15, 0.2) is 0 Å². The van der Waals surface area contributed by atoms with Crippen molar-refractivity contribution in [2.45, 2.75) is 20.8 Å². The number of aryl methyl sites for hydroxylation is 1. The molecule has 0 aliphatic carbocycles. The highest BCUT2D eigenvalue weighted by molar-refractivity contribution is 5.92. The van der Waals surface area contributed by atoms with Gasteiger partial charge in [0, 0.05) is 43.5 Å².